The molecule has 5 nitrogen and oxygen atoms in total. The van der Waals surface area contributed by atoms with Crippen LogP contribution in [0, 0.1) is 5.41 Å². The fourth-order valence-electron chi connectivity index (χ4n) is 3.75. The van der Waals surface area contributed by atoms with Crippen molar-refractivity contribution in [2.24, 2.45) is 5.41 Å². The third kappa shape index (κ3) is 4.62. The molecular formula is C22H28N2O3S. The first kappa shape index (κ1) is 20.6. The van der Waals surface area contributed by atoms with Crippen molar-refractivity contribution < 1.29 is 14.3 Å². The fourth-order valence-corrected chi connectivity index (χ4v) is 4.48. The second-order valence-corrected chi connectivity index (χ2v) is 8.71. The van der Waals surface area contributed by atoms with E-state index in [2.05, 4.69) is 41.0 Å². The van der Waals surface area contributed by atoms with E-state index in [4.69, 9.17) is 4.74 Å². The van der Waals surface area contributed by atoms with E-state index < -0.39 is 5.41 Å². The summed E-state index contributed by atoms with van der Waals surface area (Å²) in [6.45, 7) is 4.99. The SMILES string of the molecule is COCC(=O)N1CC[C@@](Cc2ccc(-c3cccs3)cc2)(C(=O)NC(C)C)C1. The van der Waals surface area contributed by atoms with E-state index in [0.29, 0.717) is 25.9 Å². The molecule has 2 amide bonds. The first-order chi connectivity index (χ1) is 13.4. The molecule has 1 aliphatic rings. The van der Waals surface area contributed by atoms with Crippen molar-refractivity contribution in [1.82, 2.24) is 10.2 Å². The van der Waals surface area contributed by atoms with Gasteiger partial charge in [0.25, 0.3) is 0 Å². The number of benzene rings is 1. The maximum absolute atomic E-state index is 13.1. The number of nitrogens with one attached hydrogen (secondary N) is 1. The summed E-state index contributed by atoms with van der Waals surface area (Å²) < 4.78 is 4.99. The van der Waals surface area contributed by atoms with E-state index in [1.54, 1.807) is 16.2 Å². The molecule has 0 radical (unpaired) electrons. The van der Waals surface area contributed by atoms with Gasteiger partial charge in [-0.05, 0) is 49.3 Å². The number of methoxy groups -OCH3 is 1. The van der Waals surface area contributed by atoms with Gasteiger partial charge in [0.15, 0.2) is 0 Å². The van der Waals surface area contributed by atoms with Gasteiger partial charge in [-0.15, -0.1) is 11.3 Å². The Morgan fingerprint density at radius 3 is 2.61 bits per heavy atom. The topological polar surface area (TPSA) is 58.6 Å². The number of carbonyl (C=O) groups is 2. The van der Waals surface area contributed by atoms with Gasteiger partial charge in [0.1, 0.15) is 6.61 Å². The Labute approximate surface area is 170 Å². The Kier molecular flexibility index (Phi) is 6.52. The van der Waals surface area contributed by atoms with Gasteiger partial charge in [-0.3, -0.25) is 9.59 Å². The van der Waals surface area contributed by atoms with Gasteiger partial charge in [-0.1, -0.05) is 30.3 Å². The molecule has 1 aromatic heterocycles. The van der Waals surface area contributed by atoms with Crippen molar-refractivity contribution in [3.05, 3.63) is 47.3 Å². The molecule has 1 aromatic carbocycles. The summed E-state index contributed by atoms with van der Waals surface area (Å²) in [7, 11) is 1.52. The predicted octanol–water partition coefficient (Wildman–Crippen LogP) is 3.35. The van der Waals surface area contributed by atoms with Crippen molar-refractivity contribution in [2.45, 2.75) is 32.7 Å². The monoisotopic (exact) mass is 400 g/mol. The molecule has 1 N–H and O–H groups in total. The minimum atomic E-state index is -0.599. The average molecular weight is 401 g/mol. The van der Waals surface area contributed by atoms with E-state index in [0.717, 1.165) is 5.56 Å². The van der Waals surface area contributed by atoms with Crippen molar-refractivity contribution in [1.29, 1.82) is 0 Å². The summed E-state index contributed by atoms with van der Waals surface area (Å²) in [5.74, 6) is -0.0349. The fraction of sp³-hybridized carbons (Fsp3) is 0.455. The third-order valence-electron chi connectivity index (χ3n) is 5.18. The molecule has 0 saturated carbocycles. The number of thiophene rings is 1. The molecule has 3 rings (SSSR count). The second-order valence-electron chi connectivity index (χ2n) is 7.76. The minimum Gasteiger partial charge on any atom is -0.375 e. The maximum atomic E-state index is 13.1. The van der Waals surface area contributed by atoms with Gasteiger partial charge in [0.05, 0.1) is 5.41 Å². The summed E-state index contributed by atoms with van der Waals surface area (Å²) in [5, 5.41) is 5.13. The normalized spacial score (nSPS) is 19.2. The van der Waals surface area contributed by atoms with Crippen LogP contribution in [0.3, 0.4) is 0 Å². The quantitative estimate of drug-likeness (QED) is 0.775. The Morgan fingerprint density at radius 2 is 2.00 bits per heavy atom. The zero-order valence-electron chi connectivity index (χ0n) is 16.7. The molecule has 0 spiro atoms. The predicted molar refractivity (Wildman–Crippen MR) is 112 cm³/mol. The number of hydrogen-bond donors (Lipinski definition) is 1. The van der Waals surface area contributed by atoms with Crippen LogP contribution in [-0.2, 0) is 20.7 Å². The molecule has 2 aromatic rings. The molecular weight excluding hydrogens is 372 g/mol. The Balaban J connectivity index is 1.80. The van der Waals surface area contributed by atoms with Crippen molar-refractivity contribution in [3.8, 4) is 10.4 Å². The largest absolute Gasteiger partial charge is 0.375 e. The molecule has 1 aliphatic heterocycles. The summed E-state index contributed by atoms with van der Waals surface area (Å²) in [6.07, 6.45) is 1.28. The molecule has 28 heavy (non-hydrogen) atoms. The standard InChI is InChI=1S/C22H28N2O3S/c1-16(2)23-21(26)22(10-11-24(15-22)20(25)14-27-3)13-17-6-8-18(9-7-17)19-5-4-12-28-19/h4-9,12,16H,10-11,13-15H2,1-3H3,(H,23,26)/t22-/m0/s1. The van der Waals surface area contributed by atoms with Crippen LogP contribution in [-0.4, -0.2) is 49.6 Å². The van der Waals surface area contributed by atoms with Crippen LogP contribution in [0.25, 0.3) is 10.4 Å². The van der Waals surface area contributed by atoms with Crippen molar-refractivity contribution in [2.75, 3.05) is 26.8 Å². The lowest BCUT2D eigenvalue weighted by atomic mass is 9.79. The number of ether oxygens (including phenoxy) is 1. The van der Waals surface area contributed by atoms with Crippen molar-refractivity contribution in [3.63, 3.8) is 0 Å². The van der Waals surface area contributed by atoms with Gasteiger partial charge in [-0.2, -0.15) is 0 Å². The smallest absolute Gasteiger partial charge is 0.248 e. The molecule has 2 heterocycles. The highest BCUT2D eigenvalue weighted by Gasteiger charge is 2.46. The van der Waals surface area contributed by atoms with Gasteiger partial charge in [0, 0.05) is 31.1 Å². The Bertz CT molecular complexity index is 802. The molecule has 1 atom stereocenters. The zero-order valence-corrected chi connectivity index (χ0v) is 17.6. The van der Waals surface area contributed by atoms with Crippen LogP contribution in [0.5, 0.6) is 0 Å². The van der Waals surface area contributed by atoms with Crippen LogP contribution in [0.2, 0.25) is 0 Å². The number of carbonyl (C=O) groups excluding carboxylic acids is 2. The summed E-state index contributed by atoms with van der Waals surface area (Å²) in [4.78, 5) is 28.3. The third-order valence-corrected chi connectivity index (χ3v) is 6.10. The summed E-state index contributed by atoms with van der Waals surface area (Å²) in [6, 6.07) is 12.6. The lowest BCUT2D eigenvalue weighted by Gasteiger charge is -2.29. The van der Waals surface area contributed by atoms with Crippen LogP contribution in [0.1, 0.15) is 25.8 Å². The number of nitrogens with zero attached hydrogens (tertiary/aromatic N) is 1. The molecule has 0 aliphatic carbocycles. The first-order valence-corrected chi connectivity index (χ1v) is 10.5. The Morgan fingerprint density at radius 1 is 1.25 bits per heavy atom. The summed E-state index contributed by atoms with van der Waals surface area (Å²) >= 11 is 1.71. The molecule has 0 bridgehead atoms. The minimum absolute atomic E-state index is 0.0255. The van der Waals surface area contributed by atoms with E-state index in [9.17, 15) is 9.59 Å². The van der Waals surface area contributed by atoms with E-state index in [1.807, 2.05) is 19.9 Å². The van der Waals surface area contributed by atoms with E-state index in [-0.39, 0.29) is 24.5 Å². The van der Waals surface area contributed by atoms with Gasteiger partial charge in [-0.25, -0.2) is 0 Å². The van der Waals surface area contributed by atoms with E-state index in [1.165, 1.54) is 17.6 Å². The van der Waals surface area contributed by atoms with Crippen LogP contribution in [0.4, 0.5) is 0 Å². The first-order valence-electron chi connectivity index (χ1n) is 9.64. The highest BCUT2D eigenvalue weighted by Crippen LogP contribution is 2.36. The lowest BCUT2D eigenvalue weighted by Crippen LogP contribution is -2.47. The zero-order chi connectivity index (χ0) is 20.1. The van der Waals surface area contributed by atoms with Crippen molar-refractivity contribution >= 4 is 23.2 Å². The molecule has 1 fully saturated rings. The van der Waals surface area contributed by atoms with Gasteiger partial charge in [0.2, 0.25) is 11.8 Å². The van der Waals surface area contributed by atoms with Gasteiger partial charge >= 0.3 is 0 Å². The second kappa shape index (κ2) is 8.88. The highest BCUT2D eigenvalue weighted by atomic mass is 32.1. The van der Waals surface area contributed by atoms with Crippen LogP contribution < -0.4 is 5.32 Å². The molecule has 6 heteroatoms. The number of likely N-dealkylation sites (tertiary alicyclic amines) is 1. The number of amides is 2. The molecule has 0 unspecified atom stereocenters. The number of rotatable bonds is 7. The molecule has 150 valence electrons. The van der Waals surface area contributed by atoms with Crippen LogP contribution in [0.15, 0.2) is 41.8 Å². The maximum Gasteiger partial charge on any atom is 0.248 e. The average Bonchev–Trinajstić information content (AvgIpc) is 3.33. The molecule has 1 saturated heterocycles. The van der Waals surface area contributed by atoms with Crippen LogP contribution >= 0.6 is 11.3 Å². The summed E-state index contributed by atoms with van der Waals surface area (Å²) in [5.41, 5.74) is 1.70. The highest BCUT2D eigenvalue weighted by molar-refractivity contribution is 7.13. The van der Waals surface area contributed by atoms with Gasteiger partial charge < -0.3 is 15.0 Å². The number of hydrogen-bond acceptors (Lipinski definition) is 4. The Hall–Kier alpha value is -2.18. The lowest BCUT2D eigenvalue weighted by molar-refractivity contribution is -0.136. The van der Waals surface area contributed by atoms with E-state index >= 15 is 0 Å².